The number of rotatable bonds is 6. The number of hydrogen-bond donors (Lipinski definition) is 3. The Morgan fingerprint density at radius 2 is 2.21 bits per heavy atom. The van der Waals surface area contributed by atoms with E-state index in [0.29, 0.717) is 24.9 Å². The van der Waals surface area contributed by atoms with Crippen molar-refractivity contribution in [1.29, 1.82) is 0 Å². The fourth-order valence-corrected chi connectivity index (χ4v) is 2.67. The molecule has 0 saturated heterocycles. The molecule has 1 heterocycles. The summed E-state index contributed by atoms with van der Waals surface area (Å²) in [6, 6.07) is 4.28. The van der Waals surface area contributed by atoms with Crippen molar-refractivity contribution in [2.75, 3.05) is 12.0 Å². The van der Waals surface area contributed by atoms with E-state index >= 15 is 0 Å². The summed E-state index contributed by atoms with van der Waals surface area (Å²) in [4.78, 5) is 17.5. The summed E-state index contributed by atoms with van der Waals surface area (Å²) < 4.78 is 0. The minimum atomic E-state index is -0.280. The lowest BCUT2D eigenvalue weighted by atomic mass is 10.1. The van der Waals surface area contributed by atoms with Crippen LogP contribution >= 0.6 is 0 Å². The Morgan fingerprint density at radius 3 is 2.84 bits per heavy atom. The molecule has 1 aliphatic carbocycles. The van der Waals surface area contributed by atoms with Crippen LogP contribution in [0, 0.1) is 0 Å². The highest BCUT2D eigenvalue weighted by atomic mass is 16.1. The first kappa shape index (κ1) is 13.8. The van der Waals surface area contributed by atoms with Gasteiger partial charge in [0.2, 0.25) is 5.91 Å². The Balaban J connectivity index is 2.07. The molecule has 0 atom stereocenters. The summed E-state index contributed by atoms with van der Waals surface area (Å²) in [5, 5.41) is 0. The van der Waals surface area contributed by atoms with Gasteiger partial charge in [0.25, 0.3) is 0 Å². The SMILES string of the molecule is NNc1cc(CN(CC(N)=O)C2CCCC2)ccn1. The van der Waals surface area contributed by atoms with Gasteiger partial charge in [-0.15, -0.1) is 0 Å². The van der Waals surface area contributed by atoms with Gasteiger partial charge in [-0.25, -0.2) is 10.8 Å². The Bertz CT molecular complexity index is 431. The van der Waals surface area contributed by atoms with Crippen LogP contribution in [0.2, 0.25) is 0 Å². The third-order valence-electron chi connectivity index (χ3n) is 3.56. The van der Waals surface area contributed by atoms with Crippen molar-refractivity contribution in [3.8, 4) is 0 Å². The molecule has 6 nitrogen and oxygen atoms in total. The van der Waals surface area contributed by atoms with Crippen LogP contribution in [-0.4, -0.2) is 28.4 Å². The minimum Gasteiger partial charge on any atom is -0.369 e. The van der Waals surface area contributed by atoms with Gasteiger partial charge in [-0.05, 0) is 30.5 Å². The summed E-state index contributed by atoms with van der Waals surface area (Å²) in [7, 11) is 0. The second kappa shape index (κ2) is 6.49. The normalized spacial score (nSPS) is 15.9. The summed E-state index contributed by atoms with van der Waals surface area (Å²) >= 11 is 0. The number of nitrogens with zero attached hydrogens (tertiary/aromatic N) is 2. The number of nitrogen functional groups attached to an aromatic ring is 1. The molecule has 104 valence electrons. The predicted octanol–water partition coefficient (Wildman–Crippen LogP) is 0.597. The van der Waals surface area contributed by atoms with Crippen molar-refractivity contribution < 1.29 is 4.79 Å². The molecule has 5 N–H and O–H groups in total. The molecular formula is C13H21N5O. The smallest absolute Gasteiger partial charge is 0.231 e. The largest absolute Gasteiger partial charge is 0.369 e. The van der Waals surface area contributed by atoms with Crippen molar-refractivity contribution in [1.82, 2.24) is 9.88 Å². The molecule has 1 aliphatic rings. The van der Waals surface area contributed by atoms with Crippen LogP contribution in [0.4, 0.5) is 5.82 Å². The van der Waals surface area contributed by atoms with Crippen LogP contribution in [0.15, 0.2) is 18.3 Å². The standard InChI is InChI=1S/C13H21N5O/c14-12(19)9-18(11-3-1-2-4-11)8-10-5-6-16-13(7-10)17-15/h5-7,11H,1-4,8-9,15H2,(H2,14,19)(H,16,17). The molecule has 0 unspecified atom stereocenters. The van der Waals surface area contributed by atoms with E-state index in [1.807, 2.05) is 12.1 Å². The van der Waals surface area contributed by atoms with Gasteiger partial charge >= 0.3 is 0 Å². The summed E-state index contributed by atoms with van der Waals surface area (Å²) in [6.45, 7) is 1.00. The van der Waals surface area contributed by atoms with Crippen molar-refractivity contribution in [2.45, 2.75) is 38.3 Å². The van der Waals surface area contributed by atoms with Crippen molar-refractivity contribution >= 4 is 11.7 Å². The predicted molar refractivity (Wildman–Crippen MR) is 73.9 cm³/mol. The Kier molecular flexibility index (Phi) is 4.70. The Morgan fingerprint density at radius 1 is 1.47 bits per heavy atom. The van der Waals surface area contributed by atoms with Gasteiger partial charge in [0.1, 0.15) is 5.82 Å². The molecule has 0 radical (unpaired) electrons. The lowest BCUT2D eigenvalue weighted by Gasteiger charge is -2.27. The van der Waals surface area contributed by atoms with Crippen LogP contribution in [0.1, 0.15) is 31.2 Å². The molecule has 1 fully saturated rings. The molecule has 0 spiro atoms. The molecule has 1 saturated carbocycles. The molecule has 1 amide bonds. The number of amides is 1. The molecular weight excluding hydrogens is 242 g/mol. The second-order valence-electron chi connectivity index (χ2n) is 5.00. The average Bonchev–Trinajstić information content (AvgIpc) is 2.91. The van der Waals surface area contributed by atoms with E-state index in [2.05, 4.69) is 15.3 Å². The first-order valence-corrected chi connectivity index (χ1v) is 6.63. The molecule has 1 aromatic heterocycles. The maximum Gasteiger partial charge on any atom is 0.231 e. The zero-order chi connectivity index (χ0) is 13.7. The average molecular weight is 263 g/mol. The van der Waals surface area contributed by atoms with Gasteiger partial charge in [0, 0.05) is 18.8 Å². The van der Waals surface area contributed by atoms with Crippen LogP contribution < -0.4 is 17.0 Å². The summed E-state index contributed by atoms with van der Waals surface area (Å²) in [5.74, 6) is 5.70. The lowest BCUT2D eigenvalue weighted by Crippen LogP contribution is -2.39. The fourth-order valence-electron chi connectivity index (χ4n) is 2.67. The quantitative estimate of drug-likeness (QED) is 0.516. The number of primary amides is 1. The van der Waals surface area contributed by atoms with Gasteiger partial charge in [0.15, 0.2) is 0 Å². The fraction of sp³-hybridized carbons (Fsp3) is 0.538. The number of anilines is 1. The Hall–Kier alpha value is -1.66. The third kappa shape index (κ3) is 3.90. The number of nitrogens with one attached hydrogen (secondary N) is 1. The molecule has 19 heavy (non-hydrogen) atoms. The monoisotopic (exact) mass is 263 g/mol. The Labute approximate surface area is 113 Å². The topological polar surface area (TPSA) is 97.3 Å². The molecule has 0 aliphatic heterocycles. The van der Waals surface area contributed by atoms with E-state index in [0.717, 1.165) is 18.4 Å². The maximum absolute atomic E-state index is 11.2. The van der Waals surface area contributed by atoms with Gasteiger partial charge in [-0.2, -0.15) is 0 Å². The summed E-state index contributed by atoms with van der Waals surface area (Å²) in [6.07, 6.45) is 6.44. The number of nitrogens with two attached hydrogens (primary N) is 2. The van der Waals surface area contributed by atoms with Crippen molar-refractivity contribution in [2.24, 2.45) is 11.6 Å². The van der Waals surface area contributed by atoms with E-state index in [-0.39, 0.29) is 5.91 Å². The second-order valence-corrected chi connectivity index (χ2v) is 5.00. The number of carbonyl (C=O) groups excluding carboxylic acids is 1. The summed E-state index contributed by atoms with van der Waals surface area (Å²) in [5.41, 5.74) is 8.95. The number of carbonyl (C=O) groups is 1. The van der Waals surface area contributed by atoms with Gasteiger partial charge in [-0.1, -0.05) is 12.8 Å². The highest BCUT2D eigenvalue weighted by Gasteiger charge is 2.23. The van der Waals surface area contributed by atoms with Crippen molar-refractivity contribution in [3.63, 3.8) is 0 Å². The van der Waals surface area contributed by atoms with Crippen LogP contribution in [-0.2, 0) is 11.3 Å². The van der Waals surface area contributed by atoms with E-state index in [4.69, 9.17) is 11.6 Å². The van der Waals surface area contributed by atoms with E-state index < -0.39 is 0 Å². The van der Waals surface area contributed by atoms with Crippen molar-refractivity contribution in [3.05, 3.63) is 23.9 Å². The highest BCUT2D eigenvalue weighted by Crippen LogP contribution is 2.24. The van der Waals surface area contributed by atoms with Gasteiger partial charge in [0.05, 0.1) is 6.54 Å². The lowest BCUT2D eigenvalue weighted by molar-refractivity contribution is -0.119. The zero-order valence-electron chi connectivity index (χ0n) is 11.0. The van der Waals surface area contributed by atoms with Crippen LogP contribution in [0.5, 0.6) is 0 Å². The van der Waals surface area contributed by atoms with Gasteiger partial charge in [-0.3, -0.25) is 9.69 Å². The molecule has 0 bridgehead atoms. The first-order chi connectivity index (χ1) is 9.19. The molecule has 1 aromatic rings. The number of pyridine rings is 1. The number of hydrazine groups is 1. The first-order valence-electron chi connectivity index (χ1n) is 6.63. The van der Waals surface area contributed by atoms with Crippen LogP contribution in [0.3, 0.4) is 0 Å². The molecule has 0 aromatic carbocycles. The number of hydrogen-bond acceptors (Lipinski definition) is 5. The van der Waals surface area contributed by atoms with E-state index in [1.54, 1.807) is 6.20 Å². The van der Waals surface area contributed by atoms with E-state index in [1.165, 1.54) is 12.8 Å². The van der Waals surface area contributed by atoms with E-state index in [9.17, 15) is 4.79 Å². The minimum absolute atomic E-state index is 0.280. The van der Waals surface area contributed by atoms with Crippen LogP contribution in [0.25, 0.3) is 0 Å². The molecule has 6 heteroatoms. The van der Waals surface area contributed by atoms with Gasteiger partial charge < -0.3 is 11.2 Å². The third-order valence-corrected chi connectivity index (χ3v) is 3.56. The number of aromatic nitrogens is 1. The maximum atomic E-state index is 11.2. The zero-order valence-corrected chi connectivity index (χ0v) is 11.0. The molecule has 2 rings (SSSR count). The highest BCUT2D eigenvalue weighted by molar-refractivity contribution is 5.76.